The molecule has 0 spiro atoms. The predicted molar refractivity (Wildman–Crippen MR) is 107 cm³/mol. The van der Waals surface area contributed by atoms with Crippen LogP contribution in [-0.4, -0.2) is 46.4 Å². The number of para-hydroxylation sites is 1. The Morgan fingerprint density at radius 1 is 1.26 bits per heavy atom. The van der Waals surface area contributed by atoms with Crippen LogP contribution < -0.4 is 10.1 Å². The van der Waals surface area contributed by atoms with E-state index in [1.165, 1.54) is 11.1 Å². The lowest BCUT2D eigenvalue weighted by atomic mass is 10.0. The SMILES string of the molecule is COc1ccccc1C1CNCCN1Cc1cnc2c(cnn2C(C)C)c1. The summed E-state index contributed by atoms with van der Waals surface area (Å²) in [5, 5.41) is 9.10. The molecule has 0 radical (unpaired) electrons. The van der Waals surface area contributed by atoms with E-state index in [1.54, 1.807) is 7.11 Å². The van der Waals surface area contributed by atoms with Gasteiger partial charge in [0.2, 0.25) is 0 Å². The topological polar surface area (TPSA) is 55.2 Å². The number of aromatic nitrogens is 3. The second-order valence-electron chi connectivity index (χ2n) is 7.37. The molecule has 4 rings (SSSR count). The minimum atomic E-state index is 0.281. The summed E-state index contributed by atoms with van der Waals surface area (Å²) in [7, 11) is 1.74. The number of ether oxygens (including phenoxy) is 1. The summed E-state index contributed by atoms with van der Waals surface area (Å²) >= 11 is 0. The van der Waals surface area contributed by atoms with Gasteiger partial charge in [-0.3, -0.25) is 4.90 Å². The minimum Gasteiger partial charge on any atom is -0.496 e. The molecule has 6 heteroatoms. The summed E-state index contributed by atoms with van der Waals surface area (Å²) in [5.41, 5.74) is 3.40. The van der Waals surface area contributed by atoms with Crippen molar-refractivity contribution in [2.24, 2.45) is 0 Å². The average Bonchev–Trinajstić information content (AvgIpc) is 3.12. The van der Waals surface area contributed by atoms with Gasteiger partial charge in [0.15, 0.2) is 5.65 Å². The molecule has 0 amide bonds. The van der Waals surface area contributed by atoms with Crippen LogP contribution in [-0.2, 0) is 6.54 Å². The number of piperazine rings is 1. The van der Waals surface area contributed by atoms with Gasteiger partial charge in [0.05, 0.1) is 19.3 Å². The van der Waals surface area contributed by atoms with Crippen molar-refractivity contribution >= 4 is 11.0 Å². The normalized spacial score (nSPS) is 18.3. The van der Waals surface area contributed by atoms with Gasteiger partial charge in [-0.1, -0.05) is 18.2 Å². The number of nitrogens with one attached hydrogen (secondary N) is 1. The average molecular weight is 365 g/mol. The Labute approximate surface area is 160 Å². The van der Waals surface area contributed by atoms with E-state index < -0.39 is 0 Å². The molecule has 0 aliphatic carbocycles. The fourth-order valence-electron chi connectivity index (χ4n) is 3.87. The van der Waals surface area contributed by atoms with Gasteiger partial charge in [-0.25, -0.2) is 9.67 Å². The Hall–Kier alpha value is -2.44. The van der Waals surface area contributed by atoms with Crippen LogP contribution in [0.2, 0.25) is 0 Å². The van der Waals surface area contributed by atoms with Crippen molar-refractivity contribution in [3.8, 4) is 5.75 Å². The Bertz CT molecular complexity index is 920. The lowest BCUT2D eigenvalue weighted by Crippen LogP contribution is -2.45. The predicted octanol–water partition coefficient (Wildman–Crippen LogP) is 3.17. The van der Waals surface area contributed by atoms with E-state index >= 15 is 0 Å². The molecule has 0 bridgehead atoms. The monoisotopic (exact) mass is 365 g/mol. The molecule has 3 heterocycles. The fraction of sp³-hybridized carbons (Fsp3) is 0.429. The van der Waals surface area contributed by atoms with Crippen LogP contribution in [0.5, 0.6) is 5.75 Å². The maximum atomic E-state index is 5.60. The van der Waals surface area contributed by atoms with E-state index in [1.807, 2.05) is 29.2 Å². The van der Waals surface area contributed by atoms with E-state index in [0.29, 0.717) is 6.04 Å². The van der Waals surface area contributed by atoms with Crippen LogP contribution >= 0.6 is 0 Å². The number of nitrogens with zero attached hydrogens (tertiary/aromatic N) is 4. The summed E-state index contributed by atoms with van der Waals surface area (Å²) < 4.78 is 7.58. The molecule has 1 aromatic carbocycles. The third-order valence-corrected chi connectivity index (χ3v) is 5.22. The van der Waals surface area contributed by atoms with Crippen molar-refractivity contribution in [2.75, 3.05) is 26.7 Å². The zero-order valence-corrected chi connectivity index (χ0v) is 16.2. The summed E-state index contributed by atoms with van der Waals surface area (Å²) in [6.45, 7) is 8.02. The zero-order chi connectivity index (χ0) is 18.8. The summed E-state index contributed by atoms with van der Waals surface area (Å²) in [5.74, 6) is 0.947. The first-order valence-corrected chi connectivity index (χ1v) is 9.57. The van der Waals surface area contributed by atoms with E-state index in [0.717, 1.165) is 43.0 Å². The largest absolute Gasteiger partial charge is 0.496 e. The van der Waals surface area contributed by atoms with Crippen molar-refractivity contribution < 1.29 is 4.74 Å². The standard InChI is InChI=1S/C21H27N5O/c1-15(2)26-21-17(12-24-26)10-16(11-23-21)14-25-9-8-22-13-19(25)18-6-4-5-7-20(18)27-3/h4-7,10-12,15,19,22H,8-9,13-14H2,1-3H3. The second-order valence-corrected chi connectivity index (χ2v) is 7.37. The number of hydrogen-bond acceptors (Lipinski definition) is 5. The van der Waals surface area contributed by atoms with E-state index in [-0.39, 0.29) is 6.04 Å². The molecule has 0 saturated carbocycles. The van der Waals surface area contributed by atoms with Gasteiger partial charge in [-0.15, -0.1) is 0 Å². The first-order chi connectivity index (χ1) is 13.2. The maximum absolute atomic E-state index is 5.60. The van der Waals surface area contributed by atoms with Crippen molar-refractivity contribution in [3.05, 3.63) is 53.9 Å². The molecular formula is C21H27N5O. The Morgan fingerprint density at radius 3 is 2.93 bits per heavy atom. The first-order valence-electron chi connectivity index (χ1n) is 9.57. The van der Waals surface area contributed by atoms with E-state index in [9.17, 15) is 0 Å². The number of rotatable bonds is 5. The third-order valence-electron chi connectivity index (χ3n) is 5.22. The summed E-state index contributed by atoms with van der Waals surface area (Å²) in [6.07, 6.45) is 3.91. The fourth-order valence-corrected chi connectivity index (χ4v) is 3.87. The van der Waals surface area contributed by atoms with Crippen LogP contribution in [0.15, 0.2) is 42.7 Å². The van der Waals surface area contributed by atoms with Crippen molar-refractivity contribution in [2.45, 2.75) is 32.5 Å². The lowest BCUT2D eigenvalue weighted by Gasteiger charge is -2.37. The number of pyridine rings is 1. The highest BCUT2D eigenvalue weighted by Crippen LogP contribution is 2.31. The molecule has 1 aliphatic rings. The molecule has 1 saturated heterocycles. The number of methoxy groups -OCH3 is 1. The maximum Gasteiger partial charge on any atom is 0.157 e. The molecule has 1 aliphatic heterocycles. The van der Waals surface area contributed by atoms with Crippen molar-refractivity contribution in [1.29, 1.82) is 0 Å². The Kier molecular flexibility index (Phi) is 5.09. The van der Waals surface area contributed by atoms with Crippen molar-refractivity contribution in [1.82, 2.24) is 25.0 Å². The third kappa shape index (κ3) is 3.55. The molecular weight excluding hydrogens is 338 g/mol. The number of benzene rings is 1. The molecule has 1 atom stereocenters. The zero-order valence-electron chi connectivity index (χ0n) is 16.2. The van der Waals surface area contributed by atoms with Gasteiger partial charge in [0, 0.05) is 49.4 Å². The van der Waals surface area contributed by atoms with Gasteiger partial charge < -0.3 is 10.1 Å². The minimum absolute atomic E-state index is 0.281. The Morgan fingerprint density at radius 2 is 2.11 bits per heavy atom. The quantitative estimate of drug-likeness (QED) is 0.753. The van der Waals surface area contributed by atoms with Crippen LogP contribution in [0.4, 0.5) is 0 Å². The molecule has 3 aromatic rings. The molecule has 6 nitrogen and oxygen atoms in total. The molecule has 142 valence electrons. The highest BCUT2D eigenvalue weighted by molar-refractivity contribution is 5.75. The number of fused-ring (bicyclic) bond motifs is 1. The van der Waals surface area contributed by atoms with Gasteiger partial charge in [-0.2, -0.15) is 5.10 Å². The van der Waals surface area contributed by atoms with E-state index in [2.05, 4.69) is 47.4 Å². The van der Waals surface area contributed by atoms with Crippen molar-refractivity contribution in [3.63, 3.8) is 0 Å². The summed E-state index contributed by atoms with van der Waals surface area (Å²) in [4.78, 5) is 7.20. The van der Waals surface area contributed by atoms with Crippen LogP contribution in [0.25, 0.3) is 11.0 Å². The highest BCUT2D eigenvalue weighted by Gasteiger charge is 2.26. The lowest BCUT2D eigenvalue weighted by molar-refractivity contribution is 0.151. The second kappa shape index (κ2) is 7.66. The molecule has 2 aromatic heterocycles. The van der Waals surface area contributed by atoms with Crippen LogP contribution in [0.3, 0.4) is 0 Å². The van der Waals surface area contributed by atoms with E-state index in [4.69, 9.17) is 9.72 Å². The van der Waals surface area contributed by atoms with Gasteiger partial charge in [0.25, 0.3) is 0 Å². The van der Waals surface area contributed by atoms with Crippen LogP contribution in [0, 0.1) is 0 Å². The van der Waals surface area contributed by atoms with Gasteiger partial charge in [0.1, 0.15) is 5.75 Å². The molecule has 27 heavy (non-hydrogen) atoms. The molecule has 1 N–H and O–H groups in total. The molecule has 1 unspecified atom stereocenters. The number of hydrogen-bond donors (Lipinski definition) is 1. The molecule has 1 fully saturated rings. The smallest absolute Gasteiger partial charge is 0.157 e. The van der Waals surface area contributed by atoms with Crippen LogP contribution in [0.1, 0.15) is 37.1 Å². The van der Waals surface area contributed by atoms with Gasteiger partial charge in [-0.05, 0) is 31.5 Å². The Balaban J connectivity index is 1.61. The first kappa shape index (κ1) is 17.9. The summed E-state index contributed by atoms with van der Waals surface area (Å²) in [6, 6.07) is 11.1. The highest BCUT2D eigenvalue weighted by atomic mass is 16.5. The van der Waals surface area contributed by atoms with Gasteiger partial charge >= 0.3 is 0 Å².